The van der Waals surface area contributed by atoms with E-state index in [1.165, 1.54) is 12.2 Å². The van der Waals surface area contributed by atoms with Gasteiger partial charge in [-0.1, -0.05) is 26.1 Å². The Morgan fingerprint density at radius 3 is 2.63 bits per heavy atom. The van der Waals surface area contributed by atoms with Crippen LogP contribution in [-0.4, -0.2) is 47.6 Å². The lowest BCUT2D eigenvalue weighted by atomic mass is 10.2. The number of nitrogens with zero attached hydrogens (tertiary/aromatic N) is 3. The van der Waals surface area contributed by atoms with Gasteiger partial charge in [-0.3, -0.25) is 9.88 Å². The monoisotopic (exact) mass is 278 g/mol. The topological polar surface area (TPSA) is 45.4 Å². The van der Waals surface area contributed by atoms with Gasteiger partial charge >= 0.3 is 0 Å². The molecule has 0 saturated carbocycles. The van der Waals surface area contributed by atoms with Crippen LogP contribution in [0.2, 0.25) is 0 Å². The first-order chi connectivity index (χ1) is 9.06. The van der Waals surface area contributed by atoms with E-state index in [2.05, 4.69) is 28.6 Å². The van der Waals surface area contributed by atoms with E-state index in [0.717, 1.165) is 32.1 Å². The molecule has 0 aliphatic carbocycles. The number of rotatable bonds is 4. The zero-order valence-corrected chi connectivity index (χ0v) is 12.5. The fourth-order valence-electron chi connectivity index (χ4n) is 2.46. The number of nitrogens with two attached hydrogens (primary N) is 1. The lowest BCUT2D eigenvalue weighted by molar-refractivity contribution is 0.231. The molecule has 0 atom stereocenters. The summed E-state index contributed by atoms with van der Waals surface area (Å²) < 4.78 is 0. The fraction of sp³-hybridized carbons (Fsp3) is 0.571. The Morgan fingerprint density at radius 1 is 1.37 bits per heavy atom. The van der Waals surface area contributed by atoms with Gasteiger partial charge in [0.25, 0.3) is 0 Å². The van der Waals surface area contributed by atoms with E-state index in [1.54, 1.807) is 6.20 Å². The van der Waals surface area contributed by atoms with Gasteiger partial charge in [-0.25, -0.2) is 0 Å². The third-order valence-electron chi connectivity index (χ3n) is 3.36. The average Bonchev–Trinajstić information content (AvgIpc) is 2.39. The summed E-state index contributed by atoms with van der Waals surface area (Å²) in [7, 11) is 0. The number of hydrogen-bond acceptors (Lipinski definition) is 4. The molecule has 1 aliphatic heterocycles. The normalized spacial score (nSPS) is 16.9. The highest BCUT2D eigenvalue weighted by Crippen LogP contribution is 2.17. The number of piperazine rings is 1. The predicted octanol–water partition coefficient (Wildman–Crippen LogP) is 1.49. The molecule has 0 bridgehead atoms. The van der Waals surface area contributed by atoms with Crippen LogP contribution in [0.3, 0.4) is 0 Å². The molecule has 1 aliphatic rings. The van der Waals surface area contributed by atoms with Crippen LogP contribution < -0.4 is 10.6 Å². The minimum atomic E-state index is 0.361. The molecule has 1 aromatic rings. The highest BCUT2D eigenvalue weighted by atomic mass is 32.1. The smallest absolute Gasteiger partial charge is 0.122 e. The van der Waals surface area contributed by atoms with Crippen LogP contribution in [0.15, 0.2) is 18.3 Å². The molecule has 5 heteroatoms. The standard InChI is InChI=1S/C14H22N4S/c1-11(2)10-17-5-7-18(8-6-17)12-3-4-16-13(9-12)14(15)19/h3-4,9,11H,5-8,10H2,1-2H3,(H2,15,19). The molecule has 1 aromatic heterocycles. The van der Waals surface area contributed by atoms with Crippen LogP contribution >= 0.6 is 12.2 Å². The van der Waals surface area contributed by atoms with Crippen molar-refractivity contribution in [2.24, 2.45) is 11.7 Å². The molecule has 1 saturated heterocycles. The van der Waals surface area contributed by atoms with Crippen LogP contribution in [0.1, 0.15) is 19.5 Å². The molecular formula is C14H22N4S. The third kappa shape index (κ3) is 3.88. The Kier molecular flexibility index (Phi) is 4.71. The second kappa shape index (κ2) is 6.30. The zero-order valence-electron chi connectivity index (χ0n) is 11.7. The Hall–Kier alpha value is -1.20. The zero-order chi connectivity index (χ0) is 13.8. The molecule has 2 N–H and O–H groups in total. The van der Waals surface area contributed by atoms with Crippen molar-refractivity contribution < 1.29 is 0 Å². The molecular weight excluding hydrogens is 256 g/mol. The molecule has 0 unspecified atom stereocenters. The van der Waals surface area contributed by atoms with Crippen molar-refractivity contribution in [3.05, 3.63) is 24.0 Å². The third-order valence-corrected chi connectivity index (χ3v) is 3.57. The molecule has 4 nitrogen and oxygen atoms in total. The summed E-state index contributed by atoms with van der Waals surface area (Å²) >= 11 is 4.98. The molecule has 2 heterocycles. The lowest BCUT2D eigenvalue weighted by Gasteiger charge is -2.36. The molecule has 0 aromatic carbocycles. The van der Waals surface area contributed by atoms with Gasteiger partial charge in [0.05, 0.1) is 5.69 Å². The van der Waals surface area contributed by atoms with Gasteiger partial charge in [-0.05, 0) is 18.1 Å². The Bertz CT molecular complexity index is 439. The van der Waals surface area contributed by atoms with Gasteiger partial charge in [0.2, 0.25) is 0 Å². The number of hydrogen-bond donors (Lipinski definition) is 1. The van der Waals surface area contributed by atoms with Gasteiger partial charge in [-0.2, -0.15) is 0 Å². The van der Waals surface area contributed by atoms with E-state index >= 15 is 0 Å². The summed E-state index contributed by atoms with van der Waals surface area (Å²) in [4.78, 5) is 9.45. The van der Waals surface area contributed by atoms with E-state index in [1.807, 2.05) is 12.1 Å². The molecule has 0 radical (unpaired) electrons. The number of anilines is 1. The van der Waals surface area contributed by atoms with E-state index in [0.29, 0.717) is 10.7 Å². The molecule has 2 rings (SSSR count). The van der Waals surface area contributed by atoms with Gasteiger partial charge in [0.1, 0.15) is 4.99 Å². The van der Waals surface area contributed by atoms with Crippen LogP contribution in [0, 0.1) is 5.92 Å². The van der Waals surface area contributed by atoms with Crippen LogP contribution in [0.25, 0.3) is 0 Å². The second-order valence-electron chi connectivity index (χ2n) is 5.45. The van der Waals surface area contributed by atoms with Gasteiger partial charge in [0, 0.05) is 44.6 Å². The number of pyridine rings is 1. The highest BCUT2D eigenvalue weighted by Gasteiger charge is 2.18. The molecule has 104 valence electrons. The van der Waals surface area contributed by atoms with Gasteiger partial charge < -0.3 is 10.6 Å². The van der Waals surface area contributed by atoms with Crippen molar-refractivity contribution in [1.82, 2.24) is 9.88 Å². The van der Waals surface area contributed by atoms with Crippen LogP contribution in [0.5, 0.6) is 0 Å². The van der Waals surface area contributed by atoms with Crippen molar-refractivity contribution in [2.75, 3.05) is 37.6 Å². The van der Waals surface area contributed by atoms with Crippen molar-refractivity contribution >= 4 is 22.9 Å². The first-order valence-electron chi connectivity index (χ1n) is 6.79. The summed E-state index contributed by atoms with van der Waals surface area (Å²) in [6, 6.07) is 4.01. The number of thiocarbonyl (C=S) groups is 1. The Labute approximate surface area is 120 Å². The molecule has 19 heavy (non-hydrogen) atoms. The SMILES string of the molecule is CC(C)CN1CCN(c2ccnc(C(N)=S)c2)CC1. The van der Waals surface area contributed by atoms with Crippen LogP contribution in [-0.2, 0) is 0 Å². The minimum Gasteiger partial charge on any atom is -0.388 e. The van der Waals surface area contributed by atoms with E-state index in [-0.39, 0.29) is 0 Å². The van der Waals surface area contributed by atoms with E-state index in [4.69, 9.17) is 18.0 Å². The summed E-state index contributed by atoms with van der Waals surface area (Å²) in [5, 5.41) is 0. The first kappa shape index (κ1) is 14.2. The molecule has 0 amide bonds. The predicted molar refractivity (Wildman–Crippen MR) is 83.6 cm³/mol. The average molecular weight is 278 g/mol. The van der Waals surface area contributed by atoms with Crippen molar-refractivity contribution in [2.45, 2.75) is 13.8 Å². The van der Waals surface area contributed by atoms with Gasteiger partial charge in [0.15, 0.2) is 0 Å². The largest absolute Gasteiger partial charge is 0.388 e. The minimum absolute atomic E-state index is 0.361. The summed E-state index contributed by atoms with van der Waals surface area (Å²) in [5.74, 6) is 0.730. The Morgan fingerprint density at radius 2 is 2.05 bits per heavy atom. The van der Waals surface area contributed by atoms with Crippen molar-refractivity contribution in [3.8, 4) is 0 Å². The van der Waals surface area contributed by atoms with Crippen LogP contribution in [0.4, 0.5) is 5.69 Å². The first-order valence-corrected chi connectivity index (χ1v) is 7.20. The molecule has 0 spiro atoms. The lowest BCUT2D eigenvalue weighted by Crippen LogP contribution is -2.47. The Balaban J connectivity index is 1.97. The number of aromatic nitrogens is 1. The van der Waals surface area contributed by atoms with Crippen molar-refractivity contribution in [1.29, 1.82) is 0 Å². The summed E-state index contributed by atoms with van der Waals surface area (Å²) in [5.41, 5.74) is 7.51. The molecule has 1 fully saturated rings. The second-order valence-corrected chi connectivity index (χ2v) is 5.88. The maximum Gasteiger partial charge on any atom is 0.122 e. The fourth-order valence-corrected chi connectivity index (χ4v) is 2.57. The summed E-state index contributed by atoms with van der Waals surface area (Å²) in [6.07, 6.45) is 1.78. The highest BCUT2D eigenvalue weighted by molar-refractivity contribution is 7.80. The van der Waals surface area contributed by atoms with E-state index in [9.17, 15) is 0 Å². The van der Waals surface area contributed by atoms with E-state index < -0.39 is 0 Å². The maximum atomic E-state index is 5.63. The summed E-state index contributed by atoms with van der Waals surface area (Å²) in [6.45, 7) is 10.0. The quantitative estimate of drug-likeness (QED) is 0.846. The van der Waals surface area contributed by atoms with Gasteiger partial charge in [-0.15, -0.1) is 0 Å². The maximum absolute atomic E-state index is 5.63. The van der Waals surface area contributed by atoms with Crippen molar-refractivity contribution in [3.63, 3.8) is 0 Å².